The Hall–Kier alpha value is -1.30. The first kappa shape index (κ1) is 17.8. The number of hydrogen-bond acceptors (Lipinski definition) is 5. The minimum Gasteiger partial charge on any atom is -0.497 e. The van der Waals surface area contributed by atoms with E-state index < -0.39 is 6.10 Å². The van der Waals surface area contributed by atoms with E-state index in [1.165, 1.54) is 0 Å². The van der Waals surface area contributed by atoms with Crippen LogP contribution in [0.15, 0.2) is 18.2 Å². The van der Waals surface area contributed by atoms with E-state index in [2.05, 4.69) is 0 Å². The number of aliphatic hydroxyl groups excluding tert-OH is 1. The zero-order valence-corrected chi connectivity index (χ0v) is 13.5. The van der Waals surface area contributed by atoms with Gasteiger partial charge in [0.2, 0.25) is 0 Å². The molecule has 21 heavy (non-hydrogen) atoms. The molecule has 1 rings (SSSR count). The van der Waals surface area contributed by atoms with Gasteiger partial charge < -0.3 is 24.1 Å². The molecule has 1 aromatic carbocycles. The second kappa shape index (κ2) is 8.22. The first-order chi connectivity index (χ1) is 9.93. The van der Waals surface area contributed by atoms with Crippen LogP contribution in [0, 0.1) is 0 Å². The SMILES string of the molecule is COc1ccc(C(O)COCCC(C)(C)OC)c(OC)c1. The molecule has 0 saturated heterocycles. The lowest BCUT2D eigenvalue weighted by molar-refractivity contribution is -0.0251. The average Bonchev–Trinajstić information content (AvgIpc) is 2.50. The van der Waals surface area contributed by atoms with Gasteiger partial charge in [-0.25, -0.2) is 0 Å². The highest BCUT2D eigenvalue weighted by Crippen LogP contribution is 2.29. The van der Waals surface area contributed by atoms with Gasteiger partial charge in [0, 0.05) is 25.3 Å². The van der Waals surface area contributed by atoms with E-state index >= 15 is 0 Å². The maximum absolute atomic E-state index is 10.2. The molecule has 1 aromatic rings. The van der Waals surface area contributed by atoms with E-state index in [4.69, 9.17) is 18.9 Å². The Kier molecular flexibility index (Phi) is 6.95. The van der Waals surface area contributed by atoms with E-state index in [9.17, 15) is 5.11 Å². The van der Waals surface area contributed by atoms with Crippen LogP contribution < -0.4 is 9.47 Å². The highest BCUT2D eigenvalue weighted by atomic mass is 16.5. The Morgan fingerprint density at radius 1 is 1.14 bits per heavy atom. The number of methoxy groups -OCH3 is 3. The fraction of sp³-hybridized carbons (Fsp3) is 0.625. The van der Waals surface area contributed by atoms with Gasteiger partial charge >= 0.3 is 0 Å². The smallest absolute Gasteiger partial charge is 0.128 e. The Morgan fingerprint density at radius 2 is 1.86 bits per heavy atom. The predicted octanol–water partition coefficient (Wildman–Crippen LogP) is 2.57. The van der Waals surface area contributed by atoms with Gasteiger partial charge in [-0.05, 0) is 32.4 Å². The third-order valence-electron chi connectivity index (χ3n) is 3.48. The third kappa shape index (κ3) is 5.53. The first-order valence-electron chi connectivity index (χ1n) is 6.96. The molecule has 0 aliphatic heterocycles. The van der Waals surface area contributed by atoms with Gasteiger partial charge in [-0.1, -0.05) is 0 Å². The molecule has 0 fully saturated rings. The van der Waals surface area contributed by atoms with Crippen LogP contribution in [0.1, 0.15) is 31.9 Å². The van der Waals surface area contributed by atoms with Crippen molar-refractivity contribution in [3.05, 3.63) is 23.8 Å². The van der Waals surface area contributed by atoms with Gasteiger partial charge in [-0.2, -0.15) is 0 Å². The summed E-state index contributed by atoms with van der Waals surface area (Å²) in [6.45, 7) is 4.73. The lowest BCUT2D eigenvalue weighted by atomic mass is 10.1. The Morgan fingerprint density at radius 3 is 2.43 bits per heavy atom. The lowest BCUT2D eigenvalue weighted by Crippen LogP contribution is -2.25. The van der Waals surface area contributed by atoms with E-state index in [0.717, 1.165) is 6.42 Å². The van der Waals surface area contributed by atoms with Crippen LogP contribution in [0.5, 0.6) is 11.5 Å². The second-order valence-electron chi connectivity index (χ2n) is 5.41. The van der Waals surface area contributed by atoms with Crippen LogP contribution in [0.25, 0.3) is 0 Å². The maximum Gasteiger partial charge on any atom is 0.128 e. The number of aliphatic hydroxyl groups is 1. The number of hydrogen-bond donors (Lipinski definition) is 1. The van der Waals surface area contributed by atoms with Crippen LogP contribution in [-0.2, 0) is 9.47 Å². The fourth-order valence-electron chi connectivity index (χ4n) is 1.80. The zero-order chi connectivity index (χ0) is 15.9. The second-order valence-corrected chi connectivity index (χ2v) is 5.41. The molecule has 0 heterocycles. The van der Waals surface area contributed by atoms with Gasteiger partial charge in [0.1, 0.15) is 17.6 Å². The largest absolute Gasteiger partial charge is 0.497 e. The standard InChI is InChI=1S/C16H26O5/c1-16(2,20-5)8-9-21-11-14(17)13-7-6-12(18-3)10-15(13)19-4/h6-7,10,14,17H,8-9,11H2,1-5H3. The molecule has 0 aromatic heterocycles. The molecule has 0 bridgehead atoms. The van der Waals surface area contributed by atoms with Crippen molar-refractivity contribution in [2.75, 3.05) is 34.5 Å². The summed E-state index contributed by atoms with van der Waals surface area (Å²) in [4.78, 5) is 0. The normalized spacial score (nSPS) is 13.0. The van der Waals surface area contributed by atoms with Crippen molar-refractivity contribution in [1.82, 2.24) is 0 Å². The molecule has 1 unspecified atom stereocenters. The van der Waals surface area contributed by atoms with Crippen molar-refractivity contribution >= 4 is 0 Å². The lowest BCUT2D eigenvalue weighted by Gasteiger charge is -2.23. The van der Waals surface area contributed by atoms with Crippen LogP contribution in [0.2, 0.25) is 0 Å². The van der Waals surface area contributed by atoms with E-state index in [1.54, 1.807) is 39.5 Å². The number of rotatable bonds is 9. The Balaban J connectivity index is 2.54. The van der Waals surface area contributed by atoms with Gasteiger partial charge in [-0.15, -0.1) is 0 Å². The first-order valence-corrected chi connectivity index (χ1v) is 6.96. The fourth-order valence-corrected chi connectivity index (χ4v) is 1.80. The predicted molar refractivity (Wildman–Crippen MR) is 81.0 cm³/mol. The summed E-state index contributed by atoms with van der Waals surface area (Å²) in [6, 6.07) is 5.31. The van der Waals surface area contributed by atoms with E-state index in [-0.39, 0.29) is 12.2 Å². The molecule has 0 spiro atoms. The van der Waals surface area contributed by atoms with Crippen molar-refractivity contribution in [3.8, 4) is 11.5 Å². The molecule has 1 N–H and O–H groups in total. The van der Waals surface area contributed by atoms with Crippen molar-refractivity contribution in [2.45, 2.75) is 32.0 Å². The van der Waals surface area contributed by atoms with E-state index in [1.807, 2.05) is 13.8 Å². The topological polar surface area (TPSA) is 57.2 Å². The third-order valence-corrected chi connectivity index (χ3v) is 3.48. The van der Waals surface area contributed by atoms with Crippen LogP contribution in [-0.4, -0.2) is 45.3 Å². The molecule has 0 aliphatic rings. The molecule has 0 radical (unpaired) electrons. The van der Waals surface area contributed by atoms with Crippen molar-refractivity contribution < 1.29 is 24.1 Å². The Bertz CT molecular complexity index is 431. The summed E-state index contributed by atoms with van der Waals surface area (Å²) < 4.78 is 21.2. The molecule has 5 nitrogen and oxygen atoms in total. The highest BCUT2D eigenvalue weighted by molar-refractivity contribution is 5.41. The molecule has 1 atom stereocenters. The summed E-state index contributed by atoms with van der Waals surface area (Å²) in [7, 11) is 4.83. The highest BCUT2D eigenvalue weighted by Gasteiger charge is 2.18. The van der Waals surface area contributed by atoms with Gasteiger partial charge in [0.25, 0.3) is 0 Å². The number of benzene rings is 1. The van der Waals surface area contributed by atoms with Crippen molar-refractivity contribution in [1.29, 1.82) is 0 Å². The summed E-state index contributed by atoms with van der Waals surface area (Å²) >= 11 is 0. The minimum atomic E-state index is -0.739. The average molecular weight is 298 g/mol. The Labute approximate surface area is 126 Å². The summed E-state index contributed by atoms with van der Waals surface area (Å²) in [5.41, 5.74) is 0.465. The summed E-state index contributed by atoms with van der Waals surface area (Å²) in [5.74, 6) is 1.27. The zero-order valence-electron chi connectivity index (χ0n) is 13.5. The van der Waals surface area contributed by atoms with Gasteiger partial charge in [0.05, 0.1) is 26.4 Å². The molecule has 0 amide bonds. The van der Waals surface area contributed by atoms with Crippen LogP contribution >= 0.6 is 0 Å². The minimum absolute atomic E-state index is 0.211. The molecular weight excluding hydrogens is 272 g/mol. The molecule has 120 valence electrons. The maximum atomic E-state index is 10.2. The van der Waals surface area contributed by atoms with Crippen LogP contribution in [0.4, 0.5) is 0 Å². The summed E-state index contributed by atoms with van der Waals surface area (Å²) in [5, 5.41) is 10.2. The van der Waals surface area contributed by atoms with Gasteiger partial charge in [-0.3, -0.25) is 0 Å². The molecular formula is C16H26O5. The van der Waals surface area contributed by atoms with Crippen LogP contribution in [0.3, 0.4) is 0 Å². The number of ether oxygens (including phenoxy) is 4. The van der Waals surface area contributed by atoms with Gasteiger partial charge in [0.15, 0.2) is 0 Å². The van der Waals surface area contributed by atoms with Crippen molar-refractivity contribution in [2.24, 2.45) is 0 Å². The van der Waals surface area contributed by atoms with E-state index in [0.29, 0.717) is 23.7 Å². The quantitative estimate of drug-likeness (QED) is 0.710. The molecule has 5 heteroatoms. The monoisotopic (exact) mass is 298 g/mol. The molecule has 0 aliphatic carbocycles. The summed E-state index contributed by atoms with van der Waals surface area (Å²) in [6.07, 6.45) is 0.0205. The van der Waals surface area contributed by atoms with Crippen molar-refractivity contribution in [3.63, 3.8) is 0 Å². The molecule has 0 saturated carbocycles.